The first-order valence-corrected chi connectivity index (χ1v) is 10.2. The topological polar surface area (TPSA) is 75.7 Å². The summed E-state index contributed by atoms with van der Waals surface area (Å²) in [7, 11) is -3.60. The summed E-state index contributed by atoms with van der Waals surface area (Å²) in [5, 5.41) is 2.72. The second kappa shape index (κ2) is 8.71. The van der Waals surface area contributed by atoms with Gasteiger partial charge in [-0.1, -0.05) is 35.9 Å². The molecular weight excluding hydrogens is 352 g/mol. The number of rotatable bonds is 8. The zero-order valence-corrected chi connectivity index (χ0v) is 16.0. The molecule has 0 aromatic heterocycles. The minimum atomic E-state index is -3.60. The fraction of sp³-hybridized carbons (Fsp3) is 0.316. The van der Waals surface area contributed by atoms with Crippen molar-refractivity contribution in [1.29, 1.82) is 0 Å². The highest BCUT2D eigenvalue weighted by molar-refractivity contribution is 7.92. The van der Waals surface area contributed by atoms with Crippen molar-refractivity contribution < 1.29 is 17.9 Å². The molecule has 0 bridgehead atoms. The van der Waals surface area contributed by atoms with E-state index in [9.17, 15) is 13.2 Å². The molecule has 0 saturated carbocycles. The van der Waals surface area contributed by atoms with E-state index in [4.69, 9.17) is 4.74 Å². The number of carbonyl (C=O) groups excluding carboxylic acids is 1. The van der Waals surface area contributed by atoms with Crippen LogP contribution in [0.2, 0.25) is 0 Å². The molecule has 2 aromatic rings. The highest BCUT2D eigenvalue weighted by atomic mass is 32.2. The Balaban J connectivity index is 1.93. The van der Waals surface area contributed by atoms with Crippen molar-refractivity contribution in [3.63, 3.8) is 0 Å². The van der Waals surface area contributed by atoms with Gasteiger partial charge in [-0.3, -0.25) is 9.10 Å². The van der Waals surface area contributed by atoms with E-state index in [0.717, 1.165) is 21.9 Å². The molecule has 0 aliphatic carbocycles. The Bertz CT molecular complexity index is 820. The van der Waals surface area contributed by atoms with E-state index in [1.54, 1.807) is 37.3 Å². The Kier molecular flexibility index (Phi) is 6.63. The lowest BCUT2D eigenvalue weighted by atomic mass is 10.2. The van der Waals surface area contributed by atoms with Gasteiger partial charge in [-0.05, 0) is 38.1 Å². The van der Waals surface area contributed by atoms with Gasteiger partial charge in [0.25, 0.3) is 0 Å². The van der Waals surface area contributed by atoms with Gasteiger partial charge in [0.05, 0.1) is 18.5 Å². The van der Waals surface area contributed by atoms with E-state index in [0.29, 0.717) is 12.3 Å². The highest BCUT2D eigenvalue weighted by Gasteiger charge is 2.28. The van der Waals surface area contributed by atoms with Gasteiger partial charge >= 0.3 is 0 Å². The van der Waals surface area contributed by atoms with E-state index in [1.165, 1.54) is 0 Å². The van der Waals surface area contributed by atoms with Gasteiger partial charge in [-0.2, -0.15) is 0 Å². The maximum absolute atomic E-state index is 12.4. The van der Waals surface area contributed by atoms with Crippen LogP contribution in [-0.4, -0.2) is 39.8 Å². The quantitative estimate of drug-likeness (QED) is 0.718. The van der Waals surface area contributed by atoms with Crippen LogP contribution in [0.5, 0.6) is 5.75 Å². The number of hydrogen-bond acceptors (Lipinski definition) is 4. The first kappa shape index (κ1) is 19.8. The Labute approximate surface area is 154 Å². The summed E-state index contributed by atoms with van der Waals surface area (Å²) in [5.74, 6) is 0.340. The Morgan fingerprint density at radius 3 is 2.31 bits per heavy atom. The molecule has 1 atom stereocenters. The molecule has 2 aromatic carbocycles. The number of nitrogens with zero attached hydrogens (tertiary/aromatic N) is 1. The Morgan fingerprint density at radius 2 is 1.73 bits per heavy atom. The third-order valence-electron chi connectivity index (χ3n) is 3.79. The van der Waals surface area contributed by atoms with Crippen LogP contribution in [0.15, 0.2) is 54.6 Å². The lowest BCUT2D eigenvalue weighted by Gasteiger charge is -2.28. The van der Waals surface area contributed by atoms with Gasteiger partial charge in [-0.15, -0.1) is 0 Å². The van der Waals surface area contributed by atoms with Crippen molar-refractivity contribution in [3.8, 4) is 5.75 Å². The number of amides is 1. The molecule has 0 spiro atoms. The molecule has 6 nitrogen and oxygen atoms in total. The number of carbonyl (C=O) groups is 1. The predicted molar refractivity (Wildman–Crippen MR) is 103 cm³/mol. The molecule has 0 radical (unpaired) electrons. The molecule has 7 heteroatoms. The Hall–Kier alpha value is -2.54. The summed E-state index contributed by atoms with van der Waals surface area (Å²) in [6.45, 7) is 4.13. The van der Waals surface area contributed by atoms with Gasteiger partial charge in [0.15, 0.2) is 0 Å². The van der Waals surface area contributed by atoms with Crippen LogP contribution >= 0.6 is 0 Å². The minimum Gasteiger partial charge on any atom is -0.492 e. The second-order valence-corrected chi connectivity index (χ2v) is 7.88. The fourth-order valence-corrected chi connectivity index (χ4v) is 3.68. The summed E-state index contributed by atoms with van der Waals surface area (Å²) in [6, 6.07) is 15.3. The average Bonchev–Trinajstić information content (AvgIpc) is 2.60. The van der Waals surface area contributed by atoms with Crippen molar-refractivity contribution in [2.45, 2.75) is 19.9 Å². The van der Waals surface area contributed by atoms with E-state index in [-0.39, 0.29) is 12.5 Å². The number of anilines is 1. The summed E-state index contributed by atoms with van der Waals surface area (Å²) in [6.07, 6.45) is 1.09. The molecular formula is C19H24N2O4S. The third kappa shape index (κ3) is 5.49. The van der Waals surface area contributed by atoms with Crippen LogP contribution in [0, 0.1) is 6.92 Å². The molecule has 140 valence electrons. The molecule has 0 unspecified atom stereocenters. The van der Waals surface area contributed by atoms with E-state index < -0.39 is 16.1 Å². The average molecular weight is 376 g/mol. The Morgan fingerprint density at radius 1 is 1.12 bits per heavy atom. The number of hydrogen-bond donors (Lipinski definition) is 1. The van der Waals surface area contributed by atoms with Crippen molar-refractivity contribution in [1.82, 2.24) is 5.32 Å². The summed E-state index contributed by atoms with van der Waals surface area (Å²) >= 11 is 0. The lowest BCUT2D eigenvalue weighted by Crippen LogP contribution is -2.48. The number of ether oxygens (including phenoxy) is 1. The van der Waals surface area contributed by atoms with Crippen LogP contribution in [0.3, 0.4) is 0 Å². The molecule has 0 aliphatic rings. The minimum absolute atomic E-state index is 0.281. The van der Waals surface area contributed by atoms with Crippen LogP contribution in [0.4, 0.5) is 5.69 Å². The van der Waals surface area contributed by atoms with Gasteiger partial charge in [0.2, 0.25) is 15.9 Å². The number of aryl methyl sites for hydroxylation is 1. The van der Waals surface area contributed by atoms with Gasteiger partial charge in [0, 0.05) is 0 Å². The molecule has 26 heavy (non-hydrogen) atoms. The first-order chi connectivity index (χ1) is 12.3. The number of para-hydroxylation sites is 1. The van der Waals surface area contributed by atoms with Crippen LogP contribution in [-0.2, 0) is 14.8 Å². The summed E-state index contributed by atoms with van der Waals surface area (Å²) in [4.78, 5) is 12.4. The lowest BCUT2D eigenvalue weighted by molar-refractivity contribution is -0.121. The van der Waals surface area contributed by atoms with Crippen LogP contribution in [0.1, 0.15) is 12.5 Å². The summed E-state index contributed by atoms with van der Waals surface area (Å²) in [5.41, 5.74) is 1.59. The van der Waals surface area contributed by atoms with Crippen LogP contribution in [0.25, 0.3) is 0 Å². The monoisotopic (exact) mass is 376 g/mol. The molecule has 0 aliphatic heterocycles. The molecule has 1 N–H and O–H groups in total. The SMILES string of the molecule is Cc1ccc(OCCNC(=O)[C@H](C)N(c2ccccc2)S(C)(=O)=O)cc1. The van der Waals surface area contributed by atoms with E-state index in [1.807, 2.05) is 31.2 Å². The third-order valence-corrected chi connectivity index (χ3v) is 5.03. The van der Waals surface area contributed by atoms with Gasteiger partial charge in [0.1, 0.15) is 18.4 Å². The molecule has 1 amide bonds. The van der Waals surface area contributed by atoms with Crippen molar-refractivity contribution in [2.24, 2.45) is 0 Å². The standard InChI is InChI=1S/C19H24N2O4S/c1-15-9-11-18(12-10-15)25-14-13-20-19(22)16(2)21(26(3,23)24)17-7-5-4-6-8-17/h4-12,16H,13-14H2,1-3H3,(H,20,22)/t16-/m0/s1. The van der Waals surface area contributed by atoms with Crippen molar-refractivity contribution >= 4 is 21.6 Å². The van der Waals surface area contributed by atoms with E-state index in [2.05, 4.69) is 5.32 Å². The number of nitrogens with one attached hydrogen (secondary N) is 1. The summed E-state index contributed by atoms with van der Waals surface area (Å²) < 4.78 is 31.0. The smallest absolute Gasteiger partial charge is 0.243 e. The first-order valence-electron chi connectivity index (χ1n) is 8.30. The highest BCUT2D eigenvalue weighted by Crippen LogP contribution is 2.20. The zero-order valence-electron chi connectivity index (χ0n) is 15.2. The van der Waals surface area contributed by atoms with Crippen molar-refractivity contribution in [3.05, 3.63) is 60.2 Å². The van der Waals surface area contributed by atoms with E-state index >= 15 is 0 Å². The molecule has 2 rings (SSSR count). The van der Waals surface area contributed by atoms with Crippen molar-refractivity contribution in [2.75, 3.05) is 23.7 Å². The molecule has 0 fully saturated rings. The van der Waals surface area contributed by atoms with Crippen LogP contribution < -0.4 is 14.4 Å². The van der Waals surface area contributed by atoms with Gasteiger partial charge < -0.3 is 10.1 Å². The number of sulfonamides is 1. The zero-order chi connectivity index (χ0) is 19.2. The molecule has 0 heterocycles. The predicted octanol–water partition coefficient (Wildman–Crippen LogP) is 2.34. The molecule has 0 saturated heterocycles. The van der Waals surface area contributed by atoms with Gasteiger partial charge in [-0.25, -0.2) is 8.42 Å². The normalized spacial score (nSPS) is 12.3. The number of benzene rings is 2. The maximum atomic E-state index is 12.4. The second-order valence-electron chi connectivity index (χ2n) is 6.02. The largest absolute Gasteiger partial charge is 0.492 e. The fourth-order valence-electron chi connectivity index (χ4n) is 2.51. The maximum Gasteiger partial charge on any atom is 0.243 e.